The first-order valence-electron chi connectivity index (χ1n) is 4.07. The van der Waals surface area contributed by atoms with Crippen molar-refractivity contribution in [2.45, 2.75) is 19.8 Å². The molecule has 0 aliphatic rings. The standard InChI is InChI=1S/C9H8F3NO2/c1-4-3-13-5(2-6(14)15)7(8(4)10)9(11)12/h3,9H,2H2,1H3,(H,14,15). The molecule has 0 atom stereocenters. The lowest BCUT2D eigenvalue weighted by atomic mass is 10.1. The van der Waals surface area contributed by atoms with Crippen LogP contribution in [0.25, 0.3) is 0 Å². The fourth-order valence-corrected chi connectivity index (χ4v) is 1.15. The Morgan fingerprint density at radius 2 is 2.20 bits per heavy atom. The maximum absolute atomic E-state index is 13.3. The third kappa shape index (κ3) is 2.45. The molecule has 0 aliphatic heterocycles. The number of aliphatic carboxylic acids is 1. The summed E-state index contributed by atoms with van der Waals surface area (Å²) in [5.41, 5.74) is -1.38. The van der Waals surface area contributed by atoms with Gasteiger partial charge in [0.1, 0.15) is 5.82 Å². The Hall–Kier alpha value is -1.59. The van der Waals surface area contributed by atoms with E-state index >= 15 is 0 Å². The zero-order valence-corrected chi connectivity index (χ0v) is 7.80. The van der Waals surface area contributed by atoms with E-state index in [1.807, 2.05) is 0 Å². The van der Waals surface area contributed by atoms with Gasteiger partial charge in [0.15, 0.2) is 0 Å². The van der Waals surface area contributed by atoms with E-state index in [1.54, 1.807) is 0 Å². The van der Waals surface area contributed by atoms with Gasteiger partial charge in [-0.25, -0.2) is 13.2 Å². The van der Waals surface area contributed by atoms with Gasteiger partial charge < -0.3 is 5.11 Å². The van der Waals surface area contributed by atoms with Gasteiger partial charge in [0.25, 0.3) is 6.43 Å². The maximum Gasteiger partial charge on any atom is 0.309 e. The summed E-state index contributed by atoms with van der Waals surface area (Å²) < 4.78 is 38.1. The predicted octanol–water partition coefficient (Wildman–Crippen LogP) is 2.09. The van der Waals surface area contributed by atoms with E-state index in [-0.39, 0.29) is 5.56 Å². The second kappa shape index (κ2) is 4.29. The van der Waals surface area contributed by atoms with Gasteiger partial charge in [-0.15, -0.1) is 0 Å². The highest BCUT2D eigenvalue weighted by Gasteiger charge is 2.22. The van der Waals surface area contributed by atoms with Crippen molar-refractivity contribution in [2.24, 2.45) is 0 Å². The Bertz CT molecular complexity index is 393. The van der Waals surface area contributed by atoms with E-state index in [0.29, 0.717) is 0 Å². The molecular weight excluding hydrogens is 211 g/mol. The average molecular weight is 219 g/mol. The lowest BCUT2D eigenvalue weighted by molar-refractivity contribution is -0.136. The number of hydrogen-bond donors (Lipinski definition) is 1. The number of nitrogens with zero attached hydrogens (tertiary/aromatic N) is 1. The molecular formula is C9H8F3NO2. The lowest BCUT2D eigenvalue weighted by Gasteiger charge is -2.08. The molecule has 0 saturated heterocycles. The molecule has 3 nitrogen and oxygen atoms in total. The normalized spacial score (nSPS) is 10.7. The molecule has 0 fully saturated rings. The minimum absolute atomic E-state index is 0.0283. The van der Waals surface area contributed by atoms with Crippen LogP contribution in [0.4, 0.5) is 13.2 Å². The summed E-state index contributed by atoms with van der Waals surface area (Å²) in [6.07, 6.45) is -2.73. The topological polar surface area (TPSA) is 50.2 Å². The van der Waals surface area contributed by atoms with Gasteiger partial charge >= 0.3 is 5.97 Å². The smallest absolute Gasteiger partial charge is 0.309 e. The van der Waals surface area contributed by atoms with Gasteiger partial charge in [0, 0.05) is 11.8 Å². The molecule has 1 N–H and O–H groups in total. The SMILES string of the molecule is Cc1cnc(CC(=O)O)c(C(F)F)c1F. The van der Waals surface area contributed by atoms with Crippen molar-refractivity contribution in [1.29, 1.82) is 0 Å². The summed E-state index contributed by atoms with van der Waals surface area (Å²) in [5.74, 6) is -2.41. The van der Waals surface area contributed by atoms with E-state index in [9.17, 15) is 18.0 Å². The number of pyridine rings is 1. The average Bonchev–Trinajstić information content (AvgIpc) is 2.10. The molecule has 1 aromatic heterocycles. The van der Waals surface area contributed by atoms with Crippen molar-refractivity contribution in [2.75, 3.05) is 0 Å². The Balaban J connectivity index is 3.26. The van der Waals surface area contributed by atoms with Gasteiger partial charge in [-0.2, -0.15) is 0 Å². The Labute approximate surface area is 83.6 Å². The first kappa shape index (κ1) is 11.5. The van der Waals surface area contributed by atoms with E-state index in [2.05, 4.69) is 4.98 Å². The quantitative estimate of drug-likeness (QED) is 0.846. The molecule has 1 heterocycles. The van der Waals surface area contributed by atoms with Crippen molar-refractivity contribution in [3.63, 3.8) is 0 Å². The third-order valence-corrected chi connectivity index (χ3v) is 1.84. The number of alkyl halides is 2. The van der Waals surface area contributed by atoms with E-state index in [4.69, 9.17) is 5.11 Å². The number of aryl methyl sites for hydroxylation is 1. The summed E-state index contributed by atoms with van der Waals surface area (Å²) >= 11 is 0. The monoisotopic (exact) mass is 219 g/mol. The van der Waals surface area contributed by atoms with Crippen molar-refractivity contribution < 1.29 is 23.1 Å². The van der Waals surface area contributed by atoms with Crippen LogP contribution in [-0.4, -0.2) is 16.1 Å². The van der Waals surface area contributed by atoms with Gasteiger partial charge in [-0.3, -0.25) is 9.78 Å². The highest BCUT2D eigenvalue weighted by atomic mass is 19.3. The van der Waals surface area contributed by atoms with Gasteiger partial charge in [-0.1, -0.05) is 0 Å². The maximum atomic E-state index is 13.3. The second-order valence-electron chi connectivity index (χ2n) is 2.99. The van der Waals surface area contributed by atoms with E-state index < -0.39 is 35.9 Å². The molecule has 0 aromatic carbocycles. The summed E-state index contributed by atoms with van der Waals surface area (Å²) in [7, 11) is 0. The van der Waals surface area contributed by atoms with Crippen LogP contribution in [0.15, 0.2) is 6.20 Å². The van der Waals surface area contributed by atoms with Crippen LogP contribution in [0.3, 0.4) is 0 Å². The minimum Gasteiger partial charge on any atom is -0.481 e. The Kier molecular flexibility index (Phi) is 3.28. The molecule has 6 heteroatoms. The fourth-order valence-electron chi connectivity index (χ4n) is 1.15. The van der Waals surface area contributed by atoms with Crippen molar-refractivity contribution in [3.05, 3.63) is 28.8 Å². The first-order valence-corrected chi connectivity index (χ1v) is 4.07. The Morgan fingerprint density at radius 3 is 2.67 bits per heavy atom. The van der Waals surface area contributed by atoms with E-state index in [1.165, 1.54) is 6.92 Å². The summed E-state index contributed by atoms with van der Waals surface area (Å²) in [5, 5.41) is 8.43. The number of aromatic nitrogens is 1. The van der Waals surface area contributed by atoms with Crippen LogP contribution in [0.2, 0.25) is 0 Å². The van der Waals surface area contributed by atoms with Crippen LogP contribution < -0.4 is 0 Å². The zero-order valence-electron chi connectivity index (χ0n) is 7.80. The highest BCUT2D eigenvalue weighted by molar-refractivity contribution is 5.70. The molecule has 1 aromatic rings. The molecule has 82 valence electrons. The van der Waals surface area contributed by atoms with E-state index in [0.717, 1.165) is 6.20 Å². The van der Waals surface area contributed by atoms with Crippen molar-refractivity contribution in [1.82, 2.24) is 4.98 Å². The summed E-state index contributed by atoms with van der Waals surface area (Å²) in [6.45, 7) is 1.29. The van der Waals surface area contributed by atoms with Crippen LogP contribution in [-0.2, 0) is 11.2 Å². The van der Waals surface area contributed by atoms with Crippen molar-refractivity contribution in [3.8, 4) is 0 Å². The molecule has 0 bridgehead atoms. The molecule has 1 rings (SSSR count). The lowest BCUT2D eigenvalue weighted by Crippen LogP contribution is -2.09. The zero-order chi connectivity index (χ0) is 11.6. The van der Waals surface area contributed by atoms with Gasteiger partial charge in [-0.05, 0) is 6.92 Å². The molecule has 0 spiro atoms. The largest absolute Gasteiger partial charge is 0.481 e. The number of hydrogen-bond acceptors (Lipinski definition) is 2. The Morgan fingerprint density at radius 1 is 1.60 bits per heavy atom. The molecule has 0 aliphatic carbocycles. The van der Waals surface area contributed by atoms with Crippen LogP contribution in [0, 0.1) is 12.7 Å². The summed E-state index contributed by atoms with van der Waals surface area (Å²) in [6, 6.07) is 0. The molecule has 0 saturated carbocycles. The highest BCUT2D eigenvalue weighted by Crippen LogP contribution is 2.26. The molecule has 15 heavy (non-hydrogen) atoms. The second-order valence-corrected chi connectivity index (χ2v) is 2.99. The predicted molar refractivity (Wildman–Crippen MR) is 45.2 cm³/mol. The first-order chi connectivity index (χ1) is 6.93. The number of halogens is 3. The minimum atomic E-state index is -3.06. The van der Waals surface area contributed by atoms with Crippen LogP contribution >= 0.6 is 0 Å². The molecule has 0 amide bonds. The number of rotatable bonds is 3. The van der Waals surface area contributed by atoms with Crippen molar-refractivity contribution >= 4 is 5.97 Å². The third-order valence-electron chi connectivity index (χ3n) is 1.84. The number of carbonyl (C=O) groups is 1. The van der Waals surface area contributed by atoms with Gasteiger partial charge in [0.2, 0.25) is 0 Å². The van der Waals surface area contributed by atoms with Crippen LogP contribution in [0.1, 0.15) is 23.2 Å². The van der Waals surface area contributed by atoms with Crippen LogP contribution in [0.5, 0.6) is 0 Å². The number of carboxylic acids is 1. The summed E-state index contributed by atoms with van der Waals surface area (Å²) in [4.78, 5) is 13.8. The molecule has 0 radical (unpaired) electrons. The van der Waals surface area contributed by atoms with Gasteiger partial charge in [0.05, 0.1) is 17.7 Å². The number of carboxylic acid groups (broad SMARTS) is 1. The molecule has 0 unspecified atom stereocenters. The fraction of sp³-hybridized carbons (Fsp3) is 0.333.